The summed E-state index contributed by atoms with van der Waals surface area (Å²) in [5, 5.41) is 16.4. The number of amides is 1. The van der Waals surface area contributed by atoms with Crippen LogP contribution in [0.5, 0.6) is 0 Å². The van der Waals surface area contributed by atoms with E-state index in [1.54, 1.807) is 4.57 Å². The van der Waals surface area contributed by atoms with E-state index in [9.17, 15) is 14.7 Å². The average molecular weight is 343 g/mol. The average Bonchev–Trinajstić information content (AvgIpc) is 3.10. The third-order valence-corrected chi connectivity index (χ3v) is 6.01. The monoisotopic (exact) mass is 343 g/mol. The van der Waals surface area contributed by atoms with Crippen LogP contribution in [-0.2, 0) is 11.3 Å². The standard InChI is InChI=1S/C19H25N3O3/c1-2-4-11-7-8-15-16-13(9-22(15)19(11)25)14(10-23)17(21-16)18(24)20-12-5-3-6-12/h2,4,7-8,12-14,16-17,21,23H,3,5-6,9-10H2,1H3,(H,20,24)/b4-2-/t13-,14-,16+,17-/m1/s1. The normalized spacial score (nSPS) is 31.0. The molecule has 1 aromatic heterocycles. The van der Waals surface area contributed by atoms with Gasteiger partial charge in [0.2, 0.25) is 5.91 Å². The van der Waals surface area contributed by atoms with Crippen molar-refractivity contribution in [1.82, 2.24) is 15.2 Å². The number of hydrogen-bond donors (Lipinski definition) is 3. The summed E-state index contributed by atoms with van der Waals surface area (Å²) in [5.74, 6) is -0.122. The number of pyridine rings is 1. The zero-order chi connectivity index (χ0) is 17.6. The number of rotatable bonds is 4. The van der Waals surface area contributed by atoms with Gasteiger partial charge < -0.3 is 15.0 Å². The van der Waals surface area contributed by atoms with Crippen molar-refractivity contribution in [2.45, 2.75) is 50.9 Å². The fourth-order valence-corrected chi connectivity index (χ4v) is 4.42. The van der Waals surface area contributed by atoms with Crippen LogP contribution in [0, 0.1) is 11.8 Å². The van der Waals surface area contributed by atoms with Crippen LogP contribution < -0.4 is 16.2 Å². The number of aliphatic hydroxyl groups excluding tert-OH is 1. The Balaban J connectivity index is 1.59. The van der Waals surface area contributed by atoms with Gasteiger partial charge in [-0.25, -0.2) is 0 Å². The van der Waals surface area contributed by atoms with Crippen molar-refractivity contribution in [2.75, 3.05) is 6.61 Å². The molecule has 0 bridgehead atoms. The van der Waals surface area contributed by atoms with Gasteiger partial charge in [-0.05, 0) is 38.3 Å². The molecule has 1 aliphatic carbocycles. The summed E-state index contributed by atoms with van der Waals surface area (Å²) >= 11 is 0. The number of hydrogen-bond acceptors (Lipinski definition) is 4. The lowest BCUT2D eigenvalue weighted by molar-refractivity contribution is -0.125. The summed E-state index contributed by atoms with van der Waals surface area (Å²) in [5.41, 5.74) is 1.59. The molecule has 25 heavy (non-hydrogen) atoms. The summed E-state index contributed by atoms with van der Waals surface area (Å²) in [6.07, 6.45) is 6.93. The summed E-state index contributed by atoms with van der Waals surface area (Å²) in [4.78, 5) is 25.2. The van der Waals surface area contributed by atoms with Gasteiger partial charge in [-0.2, -0.15) is 0 Å². The Kier molecular flexibility index (Phi) is 4.25. The second kappa shape index (κ2) is 6.42. The number of carbonyl (C=O) groups is 1. The number of aromatic nitrogens is 1. The Labute approximate surface area is 146 Å². The lowest BCUT2D eigenvalue weighted by atomic mass is 9.87. The lowest BCUT2D eigenvalue weighted by Gasteiger charge is -2.29. The van der Waals surface area contributed by atoms with Crippen molar-refractivity contribution < 1.29 is 9.90 Å². The Morgan fingerprint density at radius 1 is 1.44 bits per heavy atom. The molecule has 6 heteroatoms. The van der Waals surface area contributed by atoms with E-state index in [4.69, 9.17) is 0 Å². The van der Waals surface area contributed by atoms with Gasteiger partial charge in [0, 0.05) is 42.3 Å². The Morgan fingerprint density at radius 3 is 2.88 bits per heavy atom. The minimum atomic E-state index is -0.389. The van der Waals surface area contributed by atoms with Crippen LogP contribution in [0.2, 0.25) is 0 Å². The quantitative estimate of drug-likeness (QED) is 0.755. The Bertz CT molecular complexity index is 766. The second-order valence-electron chi connectivity index (χ2n) is 7.40. The smallest absolute Gasteiger partial charge is 0.258 e. The van der Waals surface area contributed by atoms with Gasteiger partial charge in [0.15, 0.2) is 0 Å². The third kappa shape index (κ3) is 2.64. The van der Waals surface area contributed by atoms with Crippen molar-refractivity contribution in [3.05, 3.63) is 39.8 Å². The molecule has 1 aromatic rings. The van der Waals surface area contributed by atoms with Gasteiger partial charge in [-0.3, -0.25) is 14.9 Å². The predicted molar refractivity (Wildman–Crippen MR) is 94.9 cm³/mol. The highest BCUT2D eigenvalue weighted by Gasteiger charge is 2.50. The first-order valence-electron chi connectivity index (χ1n) is 9.17. The van der Waals surface area contributed by atoms with Crippen molar-refractivity contribution in [1.29, 1.82) is 0 Å². The van der Waals surface area contributed by atoms with Gasteiger partial charge in [-0.15, -0.1) is 0 Å². The number of aliphatic hydroxyl groups is 1. The molecule has 1 saturated carbocycles. The zero-order valence-electron chi connectivity index (χ0n) is 14.4. The molecule has 0 aromatic carbocycles. The largest absolute Gasteiger partial charge is 0.396 e. The predicted octanol–water partition coefficient (Wildman–Crippen LogP) is 0.801. The molecule has 4 rings (SSSR count). The van der Waals surface area contributed by atoms with E-state index in [0.717, 1.165) is 18.5 Å². The van der Waals surface area contributed by atoms with E-state index in [2.05, 4.69) is 10.6 Å². The van der Waals surface area contributed by atoms with E-state index in [1.165, 1.54) is 6.42 Å². The fraction of sp³-hybridized carbons (Fsp3) is 0.579. The molecule has 3 heterocycles. The molecule has 1 saturated heterocycles. The van der Waals surface area contributed by atoms with Crippen molar-refractivity contribution >= 4 is 12.0 Å². The minimum Gasteiger partial charge on any atom is -0.396 e. The number of nitrogens with zero attached hydrogens (tertiary/aromatic N) is 1. The van der Waals surface area contributed by atoms with Crippen molar-refractivity contribution in [3.8, 4) is 0 Å². The van der Waals surface area contributed by atoms with Crippen LogP contribution in [0.3, 0.4) is 0 Å². The minimum absolute atomic E-state index is 0.000964. The topological polar surface area (TPSA) is 83.4 Å². The van der Waals surface area contributed by atoms with Gasteiger partial charge in [-0.1, -0.05) is 12.2 Å². The highest BCUT2D eigenvalue weighted by molar-refractivity contribution is 5.83. The SMILES string of the molecule is C/C=C\c1ccc2n(c1=O)C[C@@H]1[C@@H](CO)[C@H](C(=O)NC3CCC3)N[C@H]21. The summed E-state index contributed by atoms with van der Waals surface area (Å²) in [7, 11) is 0. The Hall–Kier alpha value is -1.92. The maximum atomic E-state index is 12.6. The fourth-order valence-electron chi connectivity index (χ4n) is 4.42. The van der Waals surface area contributed by atoms with E-state index in [0.29, 0.717) is 12.1 Å². The number of allylic oxidation sites excluding steroid dienone is 1. The second-order valence-corrected chi connectivity index (χ2v) is 7.40. The van der Waals surface area contributed by atoms with E-state index in [-0.39, 0.29) is 48.0 Å². The maximum Gasteiger partial charge on any atom is 0.258 e. The molecule has 2 fully saturated rings. The number of carbonyl (C=O) groups excluding carboxylic acids is 1. The van der Waals surface area contributed by atoms with E-state index >= 15 is 0 Å². The van der Waals surface area contributed by atoms with Gasteiger partial charge in [0.25, 0.3) is 5.56 Å². The molecule has 3 aliphatic rings. The molecule has 3 N–H and O–H groups in total. The summed E-state index contributed by atoms with van der Waals surface area (Å²) in [6, 6.07) is 3.65. The number of fused-ring (bicyclic) bond motifs is 3. The van der Waals surface area contributed by atoms with Crippen LogP contribution in [0.4, 0.5) is 0 Å². The molecule has 0 radical (unpaired) electrons. The van der Waals surface area contributed by atoms with Crippen LogP contribution >= 0.6 is 0 Å². The molecule has 0 spiro atoms. The first kappa shape index (κ1) is 16.5. The summed E-state index contributed by atoms with van der Waals surface area (Å²) in [6.45, 7) is 2.39. The molecule has 6 nitrogen and oxygen atoms in total. The zero-order valence-corrected chi connectivity index (χ0v) is 14.4. The van der Waals surface area contributed by atoms with Crippen molar-refractivity contribution in [3.63, 3.8) is 0 Å². The highest BCUT2D eigenvalue weighted by Crippen LogP contribution is 2.42. The lowest BCUT2D eigenvalue weighted by Crippen LogP contribution is -2.51. The maximum absolute atomic E-state index is 12.6. The molecular weight excluding hydrogens is 318 g/mol. The molecule has 1 amide bonds. The first-order chi connectivity index (χ1) is 12.1. The van der Waals surface area contributed by atoms with Gasteiger partial charge in [0.1, 0.15) is 0 Å². The van der Waals surface area contributed by atoms with E-state index < -0.39 is 0 Å². The molecule has 0 unspecified atom stereocenters. The number of nitrogens with one attached hydrogen (secondary N) is 2. The summed E-state index contributed by atoms with van der Waals surface area (Å²) < 4.78 is 1.79. The van der Waals surface area contributed by atoms with Crippen LogP contribution in [0.15, 0.2) is 23.0 Å². The molecule has 134 valence electrons. The third-order valence-electron chi connectivity index (χ3n) is 6.01. The van der Waals surface area contributed by atoms with Crippen LogP contribution in [0.1, 0.15) is 43.5 Å². The molecule has 2 aliphatic heterocycles. The van der Waals surface area contributed by atoms with Crippen LogP contribution in [-0.4, -0.2) is 34.3 Å². The van der Waals surface area contributed by atoms with Crippen molar-refractivity contribution in [2.24, 2.45) is 11.8 Å². The molecule has 4 atom stereocenters. The highest BCUT2D eigenvalue weighted by atomic mass is 16.3. The Morgan fingerprint density at radius 2 is 2.24 bits per heavy atom. The van der Waals surface area contributed by atoms with Gasteiger partial charge >= 0.3 is 0 Å². The molecular formula is C19H25N3O3. The van der Waals surface area contributed by atoms with Gasteiger partial charge in [0.05, 0.1) is 12.1 Å². The first-order valence-corrected chi connectivity index (χ1v) is 9.17. The van der Waals surface area contributed by atoms with Crippen LogP contribution in [0.25, 0.3) is 6.08 Å². The van der Waals surface area contributed by atoms with E-state index in [1.807, 2.05) is 31.2 Å².